The van der Waals surface area contributed by atoms with E-state index in [9.17, 15) is 22.4 Å². The molecule has 0 bridgehead atoms. The molecule has 1 amide bonds. The summed E-state index contributed by atoms with van der Waals surface area (Å²) in [4.78, 5) is 28.1. The third kappa shape index (κ3) is 4.77. The Hall–Kier alpha value is -3.20. The van der Waals surface area contributed by atoms with Crippen molar-refractivity contribution in [1.29, 1.82) is 0 Å². The SMILES string of the molecule is CC(C)CCNC(=O)c1c[nH]c2ccc(S(=O)(=O)N(C)c3ccc(F)cc3)cc2c1=O. The fourth-order valence-corrected chi connectivity index (χ4v) is 4.27. The highest BCUT2D eigenvalue weighted by molar-refractivity contribution is 7.92. The summed E-state index contributed by atoms with van der Waals surface area (Å²) in [6.45, 7) is 4.49. The molecule has 0 atom stereocenters. The number of amides is 1. The quantitative estimate of drug-likeness (QED) is 0.583. The van der Waals surface area contributed by atoms with Crippen LogP contribution in [0.1, 0.15) is 30.6 Å². The fourth-order valence-electron chi connectivity index (χ4n) is 3.04. The third-order valence-electron chi connectivity index (χ3n) is 4.95. The van der Waals surface area contributed by atoms with Crippen molar-refractivity contribution >= 4 is 32.5 Å². The predicted molar refractivity (Wildman–Crippen MR) is 118 cm³/mol. The number of benzene rings is 2. The number of aromatic nitrogens is 1. The number of pyridine rings is 1. The molecule has 1 aromatic heterocycles. The molecule has 0 aliphatic heterocycles. The van der Waals surface area contributed by atoms with E-state index in [0.29, 0.717) is 18.0 Å². The van der Waals surface area contributed by atoms with Crippen molar-refractivity contribution in [3.8, 4) is 0 Å². The molecule has 1 heterocycles. The molecule has 0 saturated heterocycles. The van der Waals surface area contributed by atoms with Gasteiger partial charge in [-0.05, 0) is 54.8 Å². The Morgan fingerprint density at radius 2 is 1.84 bits per heavy atom. The van der Waals surface area contributed by atoms with E-state index >= 15 is 0 Å². The number of carbonyl (C=O) groups is 1. The average Bonchev–Trinajstić information content (AvgIpc) is 2.73. The third-order valence-corrected chi connectivity index (χ3v) is 6.73. The summed E-state index contributed by atoms with van der Waals surface area (Å²) in [6.07, 6.45) is 2.10. The molecule has 3 aromatic rings. The summed E-state index contributed by atoms with van der Waals surface area (Å²) in [7, 11) is -2.67. The molecule has 31 heavy (non-hydrogen) atoms. The van der Waals surface area contributed by atoms with E-state index in [1.54, 1.807) is 0 Å². The maximum absolute atomic E-state index is 13.2. The van der Waals surface area contributed by atoms with Crippen molar-refractivity contribution in [2.24, 2.45) is 5.92 Å². The molecule has 0 fully saturated rings. The fraction of sp³-hybridized carbons (Fsp3) is 0.273. The van der Waals surface area contributed by atoms with Crippen LogP contribution >= 0.6 is 0 Å². The first kappa shape index (κ1) is 22.5. The van der Waals surface area contributed by atoms with Crippen molar-refractivity contribution in [2.45, 2.75) is 25.2 Å². The van der Waals surface area contributed by atoms with E-state index < -0.39 is 27.2 Å². The lowest BCUT2D eigenvalue weighted by molar-refractivity contribution is 0.0951. The summed E-state index contributed by atoms with van der Waals surface area (Å²) < 4.78 is 40.2. The minimum absolute atomic E-state index is 0.0855. The first-order valence-corrected chi connectivity index (χ1v) is 11.2. The van der Waals surface area contributed by atoms with Crippen LogP contribution in [0.25, 0.3) is 10.9 Å². The molecule has 164 valence electrons. The largest absolute Gasteiger partial charge is 0.360 e. The molecular weight excluding hydrogens is 421 g/mol. The summed E-state index contributed by atoms with van der Waals surface area (Å²) in [5.74, 6) is -0.590. The average molecular weight is 446 g/mol. The van der Waals surface area contributed by atoms with E-state index in [-0.39, 0.29) is 21.5 Å². The molecule has 2 N–H and O–H groups in total. The number of halogens is 1. The molecule has 2 aromatic carbocycles. The van der Waals surface area contributed by atoms with Gasteiger partial charge in [-0.2, -0.15) is 0 Å². The number of hydrogen-bond donors (Lipinski definition) is 2. The van der Waals surface area contributed by atoms with Gasteiger partial charge >= 0.3 is 0 Å². The van der Waals surface area contributed by atoms with Gasteiger partial charge in [-0.3, -0.25) is 13.9 Å². The minimum Gasteiger partial charge on any atom is -0.360 e. The number of nitrogens with one attached hydrogen (secondary N) is 2. The van der Waals surface area contributed by atoms with Crippen molar-refractivity contribution in [3.63, 3.8) is 0 Å². The topological polar surface area (TPSA) is 99.3 Å². The number of sulfonamides is 1. The standard InChI is InChI=1S/C22H24FN3O4S/c1-14(2)10-11-24-22(28)19-13-25-20-9-8-17(12-18(20)21(19)27)31(29,30)26(3)16-6-4-15(23)5-7-16/h4-9,12-14H,10-11H2,1-3H3,(H,24,28)(H,25,27). The molecule has 0 aliphatic rings. The lowest BCUT2D eigenvalue weighted by Gasteiger charge is -2.19. The van der Waals surface area contributed by atoms with Gasteiger partial charge in [0, 0.05) is 30.7 Å². The Morgan fingerprint density at radius 1 is 1.16 bits per heavy atom. The molecule has 0 spiro atoms. The Balaban J connectivity index is 1.97. The highest BCUT2D eigenvalue weighted by atomic mass is 32.2. The number of rotatable bonds is 7. The van der Waals surface area contributed by atoms with Crippen LogP contribution in [0, 0.1) is 11.7 Å². The number of nitrogens with zero attached hydrogens (tertiary/aromatic N) is 1. The van der Waals surface area contributed by atoms with Gasteiger partial charge < -0.3 is 10.3 Å². The number of carbonyl (C=O) groups excluding carboxylic acids is 1. The second-order valence-electron chi connectivity index (χ2n) is 7.63. The van der Waals surface area contributed by atoms with Gasteiger partial charge in [0.2, 0.25) is 5.43 Å². The van der Waals surface area contributed by atoms with Crippen LogP contribution in [0.15, 0.2) is 58.4 Å². The number of anilines is 1. The van der Waals surface area contributed by atoms with Gasteiger partial charge in [-0.1, -0.05) is 13.8 Å². The first-order valence-electron chi connectivity index (χ1n) is 9.79. The summed E-state index contributed by atoms with van der Waals surface area (Å²) in [5, 5.41) is 2.80. The zero-order chi connectivity index (χ0) is 22.8. The van der Waals surface area contributed by atoms with Crippen LogP contribution < -0.4 is 15.1 Å². The van der Waals surface area contributed by atoms with Gasteiger partial charge in [0.25, 0.3) is 15.9 Å². The van der Waals surface area contributed by atoms with Crippen LogP contribution in [0.2, 0.25) is 0 Å². The summed E-state index contributed by atoms with van der Waals surface area (Å²) in [5.41, 5.74) is 0.0378. The highest BCUT2D eigenvalue weighted by Gasteiger charge is 2.23. The Bertz CT molecular complexity index is 1270. The molecule has 0 radical (unpaired) electrons. The molecule has 0 aliphatic carbocycles. The Morgan fingerprint density at radius 3 is 2.48 bits per heavy atom. The first-order chi connectivity index (χ1) is 14.6. The maximum Gasteiger partial charge on any atom is 0.264 e. The molecule has 0 saturated carbocycles. The van der Waals surface area contributed by atoms with Gasteiger partial charge in [0.05, 0.1) is 10.6 Å². The lowest BCUT2D eigenvalue weighted by atomic mass is 10.1. The molecule has 7 nitrogen and oxygen atoms in total. The van der Waals surface area contributed by atoms with Crippen LogP contribution in [-0.2, 0) is 10.0 Å². The molecular formula is C22H24FN3O4S. The van der Waals surface area contributed by atoms with Crippen LogP contribution in [0.4, 0.5) is 10.1 Å². The Labute approximate surface area is 180 Å². The van der Waals surface area contributed by atoms with Crippen molar-refractivity contribution in [3.05, 3.63) is 70.3 Å². The lowest BCUT2D eigenvalue weighted by Crippen LogP contribution is -2.30. The number of H-pyrrole nitrogens is 1. The monoisotopic (exact) mass is 445 g/mol. The number of hydrogen-bond acceptors (Lipinski definition) is 4. The van der Waals surface area contributed by atoms with E-state index in [1.807, 2.05) is 13.8 Å². The second-order valence-corrected chi connectivity index (χ2v) is 9.60. The molecule has 3 rings (SSSR count). The summed E-state index contributed by atoms with van der Waals surface area (Å²) >= 11 is 0. The van der Waals surface area contributed by atoms with E-state index in [0.717, 1.165) is 22.9 Å². The van der Waals surface area contributed by atoms with E-state index in [4.69, 9.17) is 0 Å². The molecule has 9 heteroatoms. The highest BCUT2D eigenvalue weighted by Crippen LogP contribution is 2.24. The number of aromatic amines is 1. The predicted octanol–water partition coefficient (Wildman–Crippen LogP) is 3.27. The van der Waals surface area contributed by atoms with Crippen molar-refractivity contribution < 1.29 is 17.6 Å². The van der Waals surface area contributed by atoms with Gasteiger partial charge in [0.1, 0.15) is 11.4 Å². The van der Waals surface area contributed by atoms with Crippen molar-refractivity contribution in [2.75, 3.05) is 17.9 Å². The zero-order valence-corrected chi connectivity index (χ0v) is 18.3. The molecule has 0 unspecified atom stereocenters. The van der Waals surface area contributed by atoms with Crippen LogP contribution in [-0.4, -0.2) is 32.9 Å². The van der Waals surface area contributed by atoms with Crippen LogP contribution in [0.3, 0.4) is 0 Å². The zero-order valence-electron chi connectivity index (χ0n) is 17.5. The minimum atomic E-state index is -4.01. The van der Waals surface area contributed by atoms with E-state index in [2.05, 4.69) is 10.3 Å². The van der Waals surface area contributed by atoms with Gasteiger partial charge in [-0.15, -0.1) is 0 Å². The second kappa shape index (κ2) is 8.89. The summed E-state index contributed by atoms with van der Waals surface area (Å²) in [6, 6.07) is 9.11. The van der Waals surface area contributed by atoms with Crippen molar-refractivity contribution in [1.82, 2.24) is 10.3 Å². The van der Waals surface area contributed by atoms with Gasteiger partial charge in [-0.25, -0.2) is 12.8 Å². The van der Waals surface area contributed by atoms with Crippen LogP contribution in [0.5, 0.6) is 0 Å². The normalized spacial score (nSPS) is 11.6. The van der Waals surface area contributed by atoms with E-state index in [1.165, 1.54) is 43.6 Å². The smallest absolute Gasteiger partial charge is 0.264 e. The number of fused-ring (bicyclic) bond motifs is 1. The van der Waals surface area contributed by atoms with Gasteiger partial charge in [0.15, 0.2) is 0 Å². The maximum atomic E-state index is 13.2. The Kier molecular flexibility index (Phi) is 6.45.